The monoisotopic (exact) mass is 221 g/mol. The summed E-state index contributed by atoms with van der Waals surface area (Å²) in [5, 5.41) is 0. The molecule has 1 aromatic carbocycles. The van der Waals surface area contributed by atoms with Crippen LogP contribution in [-0.2, 0) is 17.5 Å². The predicted molar refractivity (Wildman–Crippen MR) is 59.8 cm³/mol. The minimum absolute atomic E-state index is 0. The van der Waals surface area contributed by atoms with Gasteiger partial charge in [-0.2, -0.15) is 0 Å². The summed E-state index contributed by atoms with van der Waals surface area (Å²) >= 11 is -1.84. The molecule has 0 aliphatic rings. The van der Waals surface area contributed by atoms with E-state index in [0.29, 0.717) is 4.90 Å². The third-order valence-corrected chi connectivity index (χ3v) is 2.62. The van der Waals surface area contributed by atoms with Crippen molar-refractivity contribution < 1.29 is 8.76 Å². The molecule has 1 rings (SSSR count). The van der Waals surface area contributed by atoms with Crippen molar-refractivity contribution in [3.63, 3.8) is 0 Å². The molecule has 1 aromatic rings. The number of benzene rings is 1. The molecule has 0 bridgehead atoms. The van der Waals surface area contributed by atoms with Gasteiger partial charge in [-0.1, -0.05) is 25.5 Å². The summed E-state index contributed by atoms with van der Waals surface area (Å²) in [6.45, 7) is 2.15. The molecule has 0 fully saturated rings. The summed E-state index contributed by atoms with van der Waals surface area (Å²) in [6.07, 6.45) is 3.39. The molecule has 0 heterocycles. The van der Waals surface area contributed by atoms with Gasteiger partial charge in [-0.15, -0.1) is 0 Å². The Hall–Kier alpha value is 0.330. The standard InChI is InChI=1S/C10H14O2S.Na/c1-2-3-4-9-5-7-10(8-6-9)13(11)12;/h5-8H,2-4H2,1H3,(H,11,12);. The van der Waals surface area contributed by atoms with Gasteiger partial charge in [-0.25, -0.2) is 4.21 Å². The molecule has 0 amide bonds. The first kappa shape index (κ1) is 14.3. The summed E-state index contributed by atoms with van der Waals surface area (Å²) in [6, 6.07) is 7.25. The Balaban J connectivity index is 0.00000169. The van der Waals surface area contributed by atoms with Gasteiger partial charge in [-0.05, 0) is 30.5 Å². The van der Waals surface area contributed by atoms with Crippen LogP contribution >= 0.6 is 0 Å². The predicted octanol–water partition coefficient (Wildman–Crippen LogP) is 2.23. The largest absolute Gasteiger partial charge is 0.302 e. The van der Waals surface area contributed by atoms with Crippen LogP contribution in [0.15, 0.2) is 29.2 Å². The molecule has 0 saturated carbocycles. The van der Waals surface area contributed by atoms with Crippen molar-refractivity contribution >= 4 is 40.6 Å². The minimum Gasteiger partial charge on any atom is -0.302 e. The van der Waals surface area contributed by atoms with Crippen molar-refractivity contribution in [2.45, 2.75) is 31.1 Å². The van der Waals surface area contributed by atoms with E-state index in [9.17, 15) is 4.21 Å². The molecule has 73 valence electrons. The van der Waals surface area contributed by atoms with Crippen molar-refractivity contribution in [2.75, 3.05) is 0 Å². The minimum atomic E-state index is -1.84. The van der Waals surface area contributed by atoms with Crippen molar-refractivity contribution in [3.05, 3.63) is 29.8 Å². The van der Waals surface area contributed by atoms with Gasteiger partial charge in [-0.3, -0.25) is 0 Å². The molecular formula is C10H14NaO2S. The van der Waals surface area contributed by atoms with Crippen LogP contribution < -0.4 is 0 Å². The molecule has 1 atom stereocenters. The van der Waals surface area contributed by atoms with E-state index in [1.165, 1.54) is 18.4 Å². The summed E-state index contributed by atoms with van der Waals surface area (Å²) in [5.41, 5.74) is 1.23. The average molecular weight is 221 g/mol. The Bertz CT molecular complexity index is 285. The van der Waals surface area contributed by atoms with Gasteiger partial charge in [0.1, 0.15) is 0 Å². The van der Waals surface area contributed by atoms with E-state index in [4.69, 9.17) is 4.55 Å². The summed E-state index contributed by atoms with van der Waals surface area (Å²) in [7, 11) is 0. The third kappa shape index (κ3) is 4.71. The van der Waals surface area contributed by atoms with E-state index in [2.05, 4.69) is 6.92 Å². The zero-order valence-corrected chi connectivity index (χ0v) is 11.5. The normalized spacial score (nSPS) is 11.9. The second kappa shape index (κ2) is 7.60. The van der Waals surface area contributed by atoms with E-state index in [1.807, 2.05) is 12.1 Å². The molecule has 0 saturated heterocycles. The first-order valence-corrected chi connectivity index (χ1v) is 5.54. The van der Waals surface area contributed by atoms with Crippen LogP contribution in [0.4, 0.5) is 0 Å². The van der Waals surface area contributed by atoms with Crippen LogP contribution in [0.5, 0.6) is 0 Å². The van der Waals surface area contributed by atoms with E-state index in [1.54, 1.807) is 12.1 Å². The molecule has 14 heavy (non-hydrogen) atoms. The molecule has 1 radical (unpaired) electrons. The molecule has 4 heteroatoms. The summed E-state index contributed by atoms with van der Waals surface area (Å²) in [5.74, 6) is 0. The van der Waals surface area contributed by atoms with Crippen molar-refractivity contribution in [3.8, 4) is 0 Å². The Morgan fingerprint density at radius 1 is 1.29 bits per heavy atom. The molecule has 1 unspecified atom stereocenters. The fourth-order valence-electron chi connectivity index (χ4n) is 1.15. The molecule has 0 aliphatic heterocycles. The van der Waals surface area contributed by atoms with Gasteiger partial charge in [0.25, 0.3) is 0 Å². The van der Waals surface area contributed by atoms with Crippen LogP contribution in [0.3, 0.4) is 0 Å². The third-order valence-electron chi connectivity index (χ3n) is 1.94. The van der Waals surface area contributed by atoms with Gasteiger partial charge in [0.05, 0.1) is 4.90 Å². The Labute approximate surface area is 110 Å². The Morgan fingerprint density at radius 3 is 2.29 bits per heavy atom. The van der Waals surface area contributed by atoms with E-state index in [-0.39, 0.29) is 29.6 Å². The van der Waals surface area contributed by atoms with E-state index in [0.717, 1.165) is 6.42 Å². The second-order valence-corrected chi connectivity index (χ2v) is 3.97. The fraction of sp³-hybridized carbons (Fsp3) is 0.400. The Morgan fingerprint density at radius 2 is 1.86 bits per heavy atom. The number of unbranched alkanes of at least 4 members (excludes halogenated alkanes) is 1. The second-order valence-electron chi connectivity index (χ2n) is 3.00. The van der Waals surface area contributed by atoms with Gasteiger partial charge >= 0.3 is 0 Å². The van der Waals surface area contributed by atoms with Gasteiger partial charge in [0.15, 0.2) is 11.1 Å². The molecule has 0 spiro atoms. The van der Waals surface area contributed by atoms with Gasteiger partial charge in [0, 0.05) is 29.6 Å². The van der Waals surface area contributed by atoms with Crippen LogP contribution in [0, 0.1) is 0 Å². The molecule has 2 nitrogen and oxygen atoms in total. The van der Waals surface area contributed by atoms with Crippen LogP contribution in [0.25, 0.3) is 0 Å². The fourth-order valence-corrected chi connectivity index (χ4v) is 1.52. The van der Waals surface area contributed by atoms with Crippen molar-refractivity contribution in [2.24, 2.45) is 0 Å². The number of hydrogen-bond donors (Lipinski definition) is 1. The molecule has 1 N–H and O–H groups in total. The first-order chi connectivity index (χ1) is 6.24. The first-order valence-electron chi connectivity index (χ1n) is 4.44. The van der Waals surface area contributed by atoms with Crippen LogP contribution in [0.1, 0.15) is 25.3 Å². The number of rotatable bonds is 4. The maximum absolute atomic E-state index is 10.6. The Kier molecular flexibility index (Phi) is 7.78. The van der Waals surface area contributed by atoms with Crippen molar-refractivity contribution in [1.29, 1.82) is 0 Å². The molecule has 0 aromatic heterocycles. The molecule has 0 aliphatic carbocycles. The van der Waals surface area contributed by atoms with Crippen LogP contribution in [0.2, 0.25) is 0 Å². The maximum Gasteiger partial charge on any atom is 0.186 e. The number of aryl methyl sites for hydroxylation is 1. The summed E-state index contributed by atoms with van der Waals surface area (Å²) in [4.78, 5) is 0.472. The average Bonchev–Trinajstić information content (AvgIpc) is 2.15. The topological polar surface area (TPSA) is 37.3 Å². The van der Waals surface area contributed by atoms with E-state index < -0.39 is 11.1 Å². The smallest absolute Gasteiger partial charge is 0.186 e. The summed E-state index contributed by atoms with van der Waals surface area (Å²) < 4.78 is 19.4. The SMILES string of the molecule is CCCCc1ccc(S(=O)O)cc1.[Na]. The quantitative estimate of drug-likeness (QED) is 0.625. The maximum atomic E-state index is 10.6. The zero-order chi connectivity index (χ0) is 9.68. The van der Waals surface area contributed by atoms with Crippen molar-refractivity contribution in [1.82, 2.24) is 0 Å². The van der Waals surface area contributed by atoms with Crippen LogP contribution in [-0.4, -0.2) is 38.3 Å². The van der Waals surface area contributed by atoms with E-state index >= 15 is 0 Å². The van der Waals surface area contributed by atoms with Gasteiger partial charge in [0.2, 0.25) is 0 Å². The molecular weight excluding hydrogens is 207 g/mol. The number of hydrogen-bond acceptors (Lipinski definition) is 1. The zero-order valence-electron chi connectivity index (χ0n) is 8.69. The van der Waals surface area contributed by atoms with Gasteiger partial charge < -0.3 is 4.55 Å².